The molecule has 1 nitrogen and oxygen atoms in total. The first-order valence-corrected chi connectivity index (χ1v) is 5.82. The average molecular weight is 182 g/mol. The quantitative estimate of drug-likeness (QED) is 0.594. The molecule has 1 aliphatic rings. The standard InChI is InChI=1S/C12H22O/c1-2-6-11(9-10-13)12-7-4-3-5-8-12/h10-12H,2-9H2,1H3. The van der Waals surface area contributed by atoms with Crippen molar-refractivity contribution in [3.8, 4) is 0 Å². The van der Waals surface area contributed by atoms with Crippen LogP contribution in [0.1, 0.15) is 58.3 Å². The summed E-state index contributed by atoms with van der Waals surface area (Å²) in [6.07, 6.45) is 11.4. The maximum Gasteiger partial charge on any atom is 0.120 e. The Bertz CT molecular complexity index is 136. The molecule has 0 aromatic carbocycles. The van der Waals surface area contributed by atoms with Crippen molar-refractivity contribution in [1.82, 2.24) is 0 Å². The normalized spacial score (nSPS) is 21.3. The molecule has 1 rings (SSSR count). The molecule has 0 N–H and O–H groups in total. The lowest BCUT2D eigenvalue weighted by Crippen LogP contribution is -2.18. The number of aldehydes is 1. The van der Waals surface area contributed by atoms with Gasteiger partial charge in [-0.2, -0.15) is 0 Å². The molecule has 1 fully saturated rings. The van der Waals surface area contributed by atoms with E-state index < -0.39 is 0 Å². The molecular formula is C12H22O. The first kappa shape index (κ1) is 10.7. The number of carbonyl (C=O) groups is 1. The van der Waals surface area contributed by atoms with E-state index in [1.54, 1.807) is 0 Å². The third-order valence-corrected chi connectivity index (χ3v) is 3.37. The minimum Gasteiger partial charge on any atom is -0.303 e. The van der Waals surface area contributed by atoms with E-state index in [-0.39, 0.29) is 0 Å². The highest BCUT2D eigenvalue weighted by molar-refractivity contribution is 5.49. The van der Waals surface area contributed by atoms with E-state index >= 15 is 0 Å². The second-order valence-electron chi connectivity index (χ2n) is 4.35. The zero-order valence-electron chi connectivity index (χ0n) is 8.80. The fourth-order valence-corrected chi connectivity index (χ4v) is 2.65. The third kappa shape index (κ3) is 3.50. The highest BCUT2D eigenvalue weighted by atomic mass is 16.1. The molecular weight excluding hydrogens is 160 g/mol. The fraction of sp³-hybridized carbons (Fsp3) is 0.917. The second-order valence-corrected chi connectivity index (χ2v) is 4.35. The highest BCUT2D eigenvalue weighted by Gasteiger charge is 2.22. The van der Waals surface area contributed by atoms with Crippen LogP contribution in [0.25, 0.3) is 0 Å². The van der Waals surface area contributed by atoms with E-state index in [2.05, 4.69) is 6.92 Å². The Balaban J connectivity index is 2.36. The van der Waals surface area contributed by atoms with Crippen LogP contribution in [0, 0.1) is 11.8 Å². The molecule has 13 heavy (non-hydrogen) atoms. The summed E-state index contributed by atoms with van der Waals surface area (Å²) in [6.45, 7) is 2.22. The largest absolute Gasteiger partial charge is 0.303 e. The molecule has 1 aliphatic carbocycles. The summed E-state index contributed by atoms with van der Waals surface area (Å²) in [6, 6.07) is 0. The molecule has 0 radical (unpaired) electrons. The molecule has 0 heterocycles. The van der Waals surface area contributed by atoms with E-state index in [9.17, 15) is 4.79 Å². The predicted molar refractivity (Wildman–Crippen MR) is 55.7 cm³/mol. The van der Waals surface area contributed by atoms with Gasteiger partial charge in [-0.15, -0.1) is 0 Å². The molecule has 1 atom stereocenters. The number of hydrogen-bond donors (Lipinski definition) is 0. The lowest BCUT2D eigenvalue weighted by molar-refractivity contribution is -0.109. The highest BCUT2D eigenvalue weighted by Crippen LogP contribution is 2.33. The van der Waals surface area contributed by atoms with Gasteiger partial charge in [-0.25, -0.2) is 0 Å². The second kappa shape index (κ2) is 6.17. The van der Waals surface area contributed by atoms with Crippen LogP contribution in [0.5, 0.6) is 0 Å². The van der Waals surface area contributed by atoms with Crippen LogP contribution in [0.3, 0.4) is 0 Å². The van der Waals surface area contributed by atoms with Gasteiger partial charge < -0.3 is 4.79 Å². The van der Waals surface area contributed by atoms with Crippen LogP contribution in [0.4, 0.5) is 0 Å². The summed E-state index contributed by atoms with van der Waals surface area (Å²) in [7, 11) is 0. The Hall–Kier alpha value is -0.330. The van der Waals surface area contributed by atoms with Crippen LogP contribution >= 0.6 is 0 Å². The smallest absolute Gasteiger partial charge is 0.120 e. The van der Waals surface area contributed by atoms with Gasteiger partial charge >= 0.3 is 0 Å². The molecule has 0 aromatic heterocycles. The maximum absolute atomic E-state index is 10.5. The molecule has 0 amide bonds. The van der Waals surface area contributed by atoms with Gasteiger partial charge in [0.05, 0.1) is 0 Å². The molecule has 0 saturated heterocycles. The topological polar surface area (TPSA) is 17.1 Å². The SMILES string of the molecule is CCCC(CC=O)C1CCCCC1. The van der Waals surface area contributed by atoms with Gasteiger partial charge in [-0.3, -0.25) is 0 Å². The summed E-state index contributed by atoms with van der Waals surface area (Å²) in [4.78, 5) is 10.5. The van der Waals surface area contributed by atoms with Crippen molar-refractivity contribution in [3.05, 3.63) is 0 Å². The van der Waals surface area contributed by atoms with Gasteiger partial charge in [-0.05, 0) is 11.8 Å². The number of rotatable bonds is 5. The minimum atomic E-state index is 0.697. The lowest BCUT2D eigenvalue weighted by atomic mass is 9.77. The van der Waals surface area contributed by atoms with Crippen molar-refractivity contribution in [2.75, 3.05) is 0 Å². The van der Waals surface area contributed by atoms with Crippen LogP contribution in [0.2, 0.25) is 0 Å². The minimum absolute atomic E-state index is 0.697. The lowest BCUT2D eigenvalue weighted by Gasteiger charge is -2.28. The van der Waals surface area contributed by atoms with Crippen molar-refractivity contribution in [3.63, 3.8) is 0 Å². The van der Waals surface area contributed by atoms with Gasteiger partial charge in [-0.1, -0.05) is 51.9 Å². The van der Waals surface area contributed by atoms with Gasteiger partial charge in [0.1, 0.15) is 6.29 Å². The van der Waals surface area contributed by atoms with E-state index in [1.165, 1.54) is 44.9 Å². The van der Waals surface area contributed by atoms with Gasteiger partial charge in [0.25, 0.3) is 0 Å². The molecule has 76 valence electrons. The Kier molecular flexibility index (Phi) is 5.10. The zero-order chi connectivity index (χ0) is 9.52. The van der Waals surface area contributed by atoms with Crippen molar-refractivity contribution >= 4 is 6.29 Å². The van der Waals surface area contributed by atoms with E-state index in [4.69, 9.17) is 0 Å². The Labute approximate surface area is 81.9 Å². The molecule has 0 bridgehead atoms. The monoisotopic (exact) mass is 182 g/mol. The van der Waals surface area contributed by atoms with E-state index in [1.807, 2.05) is 0 Å². The van der Waals surface area contributed by atoms with Crippen LogP contribution in [-0.4, -0.2) is 6.29 Å². The first-order chi connectivity index (χ1) is 6.38. The first-order valence-electron chi connectivity index (χ1n) is 5.82. The van der Waals surface area contributed by atoms with Crippen LogP contribution < -0.4 is 0 Å². The van der Waals surface area contributed by atoms with Gasteiger partial charge in [0.2, 0.25) is 0 Å². The number of carbonyl (C=O) groups excluding carboxylic acids is 1. The number of hydrogen-bond acceptors (Lipinski definition) is 1. The summed E-state index contributed by atoms with van der Waals surface area (Å²) < 4.78 is 0. The van der Waals surface area contributed by atoms with Crippen LogP contribution in [-0.2, 0) is 4.79 Å². The van der Waals surface area contributed by atoms with Crippen molar-refractivity contribution in [1.29, 1.82) is 0 Å². The fourth-order valence-electron chi connectivity index (χ4n) is 2.65. The Morgan fingerprint density at radius 1 is 1.31 bits per heavy atom. The van der Waals surface area contributed by atoms with Crippen molar-refractivity contribution in [2.45, 2.75) is 58.3 Å². The van der Waals surface area contributed by atoms with Crippen molar-refractivity contribution in [2.24, 2.45) is 11.8 Å². The third-order valence-electron chi connectivity index (χ3n) is 3.37. The van der Waals surface area contributed by atoms with Crippen molar-refractivity contribution < 1.29 is 4.79 Å². The molecule has 0 aliphatic heterocycles. The van der Waals surface area contributed by atoms with Gasteiger partial charge in [0, 0.05) is 6.42 Å². The predicted octanol–water partition coefficient (Wildman–Crippen LogP) is 3.57. The summed E-state index contributed by atoms with van der Waals surface area (Å²) in [5, 5.41) is 0. The molecule has 1 unspecified atom stereocenters. The molecule has 1 saturated carbocycles. The molecule has 0 aromatic rings. The van der Waals surface area contributed by atoms with Crippen LogP contribution in [0.15, 0.2) is 0 Å². The zero-order valence-corrected chi connectivity index (χ0v) is 8.80. The van der Waals surface area contributed by atoms with E-state index in [0.717, 1.165) is 18.6 Å². The summed E-state index contributed by atoms with van der Waals surface area (Å²) in [5.74, 6) is 1.56. The Morgan fingerprint density at radius 3 is 2.54 bits per heavy atom. The summed E-state index contributed by atoms with van der Waals surface area (Å²) in [5.41, 5.74) is 0. The average Bonchev–Trinajstić information content (AvgIpc) is 2.19. The van der Waals surface area contributed by atoms with E-state index in [0.29, 0.717) is 5.92 Å². The maximum atomic E-state index is 10.5. The Morgan fingerprint density at radius 2 is 2.00 bits per heavy atom. The van der Waals surface area contributed by atoms with Gasteiger partial charge in [0.15, 0.2) is 0 Å². The molecule has 1 heteroatoms. The molecule has 0 spiro atoms. The summed E-state index contributed by atoms with van der Waals surface area (Å²) >= 11 is 0.